The molecule has 0 atom stereocenters. The van der Waals surface area contributed by atoms with Crippen molar-refractivity contribution in [2.24, 2.45) is 0 Å². The molecule has 144 valence electrons. The minimum absolute atomic E-state index is 0.0478. The van der Waals surface area contributed by atoms with Gasteiger partial charge >= 0.3 is 12.0 Å². The van der Waals surface area contributed by atoms with Crippen LogP contribution in [0.3, 0.4) is 0 Å². The Labute approximate surface area is 157 Å². The summed E-state index contributed by atoms with van der Waals surface area (Å²) < 4.78 is 4.96. The lowest BCUT2D eigenvalue weighted by Crippen LogP contribution is -2.51. The fourth-order valence-electron chi connectivity index (χ4n) is 3.53. The van der Waals surface area contributed by atoms with Gasteiger partial charge in [0.2, 0.25) is 0 Å². The number of hydrogen-bond donors (Lipinski definition) is 2. The maximum Gasteiger partial charge on any atom is 0.344 e. The van der Waals surface area contributed by atoms with Crippen LogP contribution in [-0.2, 0) is 25.5 Å². The van der Waals surface area contributed by atoms with Gasteiger partial charge in [-0.15, -0.1) is 0 Å². The third-order valence-electron chi connectivity index (χ3n) is 5.07. The van der Waals surface area contributed by atoms with Crippen LogP contribution in [0.1, 0.15) is 43.2 Å². The van der Waals surface area contributed by atoms with Crippen LogP contribution in [0.2, 0.25) is 0 Å². The van der Waals surface area contributed by atoms with E-state index in [0.29, 0.717) is 17.9 Å². The van der Waals surface area contributed by atoms with Crippen LogP contribution in [0.25, 0.3) is 0 Å². The lowest BCUT2D eigenvalue weighted by molar-refractivity contribution is -0.150. The molecular weight excluding hydrogens is 350 g/mol. The van der Waals surface area contributed by atoms with E-state index in [0.717, 1.165) is 30.4 Å². The molecule has 1 aromatic rings. The molecule has 8 heteroatoms. The van der Waals surface area contributed by atoms with Crippen molar-refractivity contribution in [1.29, 1.82) is 0 Å². The molecule has 0 radical (unpaired) electrons. The van der Waals surface area contributed by atoms with E-state index in [-0.39, 0.29) is 6.42 Å². The number of benzene rings is 1. The standard InChI is InChI=1S/C19H23N3O5/c1-13-7-3-4-8-14(13)11-16(24)27-12-15(23)21-22-17(25)19(20-18(22)26)9-5-2-6-10-19/h3-4,7-8H,2,5-6,9-12H2,1H3,(H,20,26)(H,21,23). The molecule has 1 aliphatic heterocycles. The van der Waals surface area contributed by atoms with Gasteiger partial charge in [0.25, 0.3) is 11.8 Å². The van der Waals surface area contributed by atoms with Gasteiger partial charge < -0.3 is 10.1 Å². The monoisotopic (exact) mass is 373 g/mol. The molecule has 8 nitrogen and oxygen atoms in total. The number of aryl methyl sites for hydroxylation is 1. The number of imide groups is 1. The number of nitrogens with one attached hydrogen (secondary N) is 2. The lowest BCUT2D eigenvalue weighted by Gasteiger charge is -2.30. The van der Waals surface area contributed by atoms with Gasteiger partial charge in [-0.05, 0) is 30.9 Å². The highest BCUT2D eigenvalue weighted by Crippen LogP contribution is 2.32. The lowest BCUT2D eigenvalue weighted by atomic mass is 9.82. The molecule has 1 aliphatic carbocycles. The molecular formula is C19H23N3O5. The van der Waals surface area contributed by atoms with E-state index in [9.17, 15) is 19.2 Å². The second-order valence-corrected chi connectivity index (χ2v) is 7.01. The number of rotatable bonds is 5. The van der Waals surface area contributed by atoms with Crippen LogP contribution >= 0.6 is 0 Å². The zero-order valence-electron chi connectivity index (χ0n) is 15.2. The first kappa shape index (κ1) is 18.9. The Kier molecular flexibility index (Phi) is 5.43. The number of urea groups is 1. The summed E-state index contributed by atoms with van der Waals surface area (Å²) in [6.07, 6.45) is 3.90. The summed E-state index contributed by atoms with van der Waals surface area (Å²) in [5, 5.41) is 3.39. The number of nitrogens with zero attached hydrogens (tertiary/aromatic N) is 1. The first-order chi connectivity index (χ1) is 12.9. The third-order valence-corrected chi connectivity index (χ3v) is 5.07. The number of carbonyl (C=O) groups is 4. The molecule has 0 aromatic heterocycles. The molecule has 4 amide bonds. The SMILES string of the molecule is Cc1ccccc1CC(=O)OCC(=O)NN1C(=O)NC2(CCCCC2)C1=O. The molecule has 1 heterocycles. The van der Waals surface area contributed by atoms with Crippen molar-refractivity contribution in [3.63, 3.8) is 0 Å². The Hall–Kier alpha value is -2.90. The molecule has 2 N–H and O–H groups in total. The number of esters is 1. The van der Waals surface area contributed by atoms with Gasteiger partial charge in [0.15, 0.2) is 6.61 Å². The van der Waals surface area contributed by atoms with Gasteiger partial charge in [0, 0.05) is 0 Å². The van der Waals surface area contributed by atoms with E-state index in [1.807, 2.05) is 31.2 Å². The molecule has 2 aliphatic rings. The molecule has 1 saturated heterocycles. The molecule has 1 saturated carbocycles. The molecule has 27 heavy (non-hydrogen) atoms. The average molecular weight is 373 g/mol. The number of amides is 4. The predicted octanol–water partition coefficient (Wildman–Crippen LogP) is 1.37. The van der Waals surface area contributed by atoms with Crippen molar-refractivity contribution in [3.05, 3.63) is 35.4 Å². The van der Waals surface area contributed by atoms with Crippen LogP contribution < -0.4 is 10.7 Å². The minimum atomic E-state index is -0.913. The van der Waals surface area contributed by atoms with E-state index in [4.69, 9.17) is 4.74 Å². The van der Waals surface area contributed by atoms with E-state index in [2.05, 4.69) is 10.7 Å². The van der Waals surface area contributed by atoms with Gasteiger partial charge in [-0.2, -0.15) is 5.01 Å². The summed E-state index contributed by atoms with van der Waals surface area (Å²) >= 11 is 0. The maximum atomic E-state index is 12.6. The highest BCUT2D eigenvalue weighted by atomic mass is 16.5. The Morgan fingerprint density at radius 3 is 2.59 bits per heavy atom. The van der Waals surface area contributed by atoms with Crippen LogP contribution in [-0.4, -0.2) is 41.0 Å². The topological polar surface area (TPSA) is 105 Å². The molecule has 1 aromatic carbocycles. The fourth-order valence-corrected chi connectivity index (χ4v) is 3.53. The largest absolute Gasteiger partial charge is 0.455 e. The van der Waals surface area contributed by atoms with E-state index in [1.54, 1.807) is 0 Å². The summed E-state index contributed by atoms with van der Waals surface area (Å²) in [5.41, 5.74) is 3.09. The molecule has 2 fully saturated rings. The number of carbonyl (C=O) groups excluding carboxylic acids is 4. The summed E-state index contributed by atoms with van der Waals surface area (Å²) in [6.45, 7) is 1.32. The van der Waals surface area contributed by atoms with Crippen molar-refractivity contribution >= 4 is 23.8 Å². The Morgan fingerprint density at radius 2 is 1.89 bits per heavy atom. The average Bonchev–Trinajstić information content (AvgIpc) is 2.86. The Morgan fingerprint density at radius 1 is 1.19 bits per heavy atom. The van der Waals surface area contributed by atoms with Gasteiger partial charge in [-0.1, -0.05) is 43.5 Å². The molecule has 3 rings (SSSR count). The maximum absolute atomic E-state index is 12.6. The first-order valence-corrected chi connectivity index (χ1v) is 9.08. The van der Waals surface area contributed by atoms with Crippen molar-refractivity contribution in [2.45, 2.75) is 51.0 Å². The quantitative estimate of drug-likeness (QED) is 0.599. The van der Waals surface area contributed by atoms with Gasteiger partial charge in [0.1, 0.15) is 5.54 Å². The highest BCUT2D eigenvalue weighted by molar-refractivity contribution is 6.08. The van der Waals surface area contributed by atoms with Crippen LogP contribution in [0, 0.1) is 6.92 Å². The summed E-state index contributed by atoms with van der Waals surface area (Å²) in [7, 11) is 0. The van der Waals surface area contributed by atoms with Gasteiger partial charge in [0.05, 0.1) is 6.42 Å². The van der Waals surface area contributed by atoms with Crippen molar-refractivity contribution < 1.29 is 23.9 Å². The zero-order chi connectivity index (χ0) is 19.4. The molecule has 0 unspecified atom stereocenters. The smallest absolute Gasteiger partial charge is 0.344 e. The number of hydrazine groups is 1. The number of hydrogen-bond acceptors (Lipinski definition) is 5. The van der Waals surface area contributed by atoms with Crippen LogP contribution in [0.15, 0.2) is 24.3 Å². The first-order valence-electron chi connectivity index (χ1n) is 9.08. The predicted molar refractivity (Wildman–Crippen MR) is 95.2 cm³/mol. The third kappa shape index (κ3) is 4.10. The molecule has 0 bridgehead atoms. The summed E-state index contributed by atoms with van der Waals surface area (Å²) in [6, 6.07) is 6.73. The van der Waals surface area contributed by atoms with E-state index in [1.165, 1.54) is 0 Å². The fraction of sp³-hybridized carbons (Fsp3) is 0.474. The summed E-state index contributed by atoms with van der Waals surface area (Å²) in [4.78, 5) is 48.6. The van der Waals surface area contributed by atoms with Crippen molar-refractivity contribution in [3.8, 4) is 0 Å². The minimum Gasteiger partial charge on any atom is -0.455 e. The van der Waals surface area contributed by atoms with Gasteiger partial charge in [-0.25, -0.2) is 4.79 Å². The summed E-state index contributed by atoms with van der Waals surface area (Å²) in [5.74, 6) is -1.74. The van der Waals surface area contributed by atoms with E-state index >= 15 is 0 Å². The molecule has 1 spiro atoms. The van der Waals surface area contributed by atoms with Crippen LogP contribution in [0.4, 0.5) is 4.79 Å². The Balaban J connectivity index is 1.50. The second-order valence-electron chi connectivity index (χ2n) is 7.01. The van der Waals surface area contributed by atoms with Crippen molar-refractivity contribution in [1.82, 2.24) is 15.8 Å². The van der Waals surface area contributed by atoms with Crippen molar-refractivity contribution in [2.75, 3.05) is 6.61 Å². The van der Waals surface area contributed by atoms with Crippen LogP contribution in [0.5, 0.6) is 0 Å². The Bertz CT molecular complexity index is 770. The van der Waals surface area contributed by atoms with Gasteiger partial charge in [-0.3, -0.25) is 19.8 Å². The number of ether oxygens (including phenoxy) is 1. The normalized spacial score (nSPS) is 18.3. The zero-order valence-corrected chi connectivity index (χ0v) is 15.2. The highest BCUT2D eigenvalue weighted by Gasteiger charge is 2.52. The second kappa shape index (κ2) is 7.77. The van der Waals surface area contributed by atoms with E-state index < -0.39 is 36.0 Å².